The summed E-state index contributed by atoms with van der Waals surface area (Å²) in [6.07, 6.45) is -0.612. The first-order valence-corrected chi connectivity index (χ1v) is 6.02. The lowest BCUT2D eigenvalue weighted by molar-refractivity contribution is 0.222. The summed E-state index contributed by atoms with van der Waals surface area (Å²) in [4.78, 5) is 0.848. The average molecular weight is 234 g/mol. The minimum Gasteiger partial charge on any atom is -0.383 e. The fourth-order valence-corrected chi connectivity index (χ4v) is 2.40. The molecule has 1 aromatic heterocycles. The lowest BCUT2D eigenvalue weighted by atomic mass is 10.0. The van der Waals surface area contributed by atoms with Crippen LogP contribution in [-0.4, -0.2) is 14.7 Å². The monoisotopic (exact) mass is 234 g/mol. The van der Waals surface area contributed by atoms with Gasteiger partial charge >= 0.3 is 0 Å². The molecule has 0 aliphatic carbocycles. The van der Waals surface area contributed by atoms with Crippen LogP contribution in [0.1, 0.15) is 42.0 Å². The molecule has 1 heterocycles. The molecule has 84 valence electrons. The van der Waals surface area contributed by atoms with E-state index in [4.69, 9.17) is 0 Å². The zero-order valence-electron chi connectivity index (χ0n) is 9.29. The maximum Gasteiger partial charge on any atom is 0.117 e. The third-order valence-electron chi connectivity index (χ3n) is 2.45. The number of hydrogen-bond acceptors (Lipinski definition) is 4. The van der Waals surface area contributed by atoms with Gasteiger partial charge in [0.1, 0.15) is 6.10 Å². The predicted molar refractivity (Wildman–Crippen MR) is 64.5 cm³/mol. The number of nitrogens with zero attached hydrogens (tertiary/aromatic N) is 2. The molecule has 0 aliphatic rings. The molecule has 0 bridgehead atoms. The Morgan fingerprint density at radius 3 is 2.50 bits per heavy atom. The van der Waals surface area contributed by atoms with Crippen LogP contribution >= 0.6 is 11.5 Å². The maximum absolute atomic E-state index is 10.2. The molecular weight excluding hydrogens is 220 g/mol. The average Bonchev–Trinajstić information content (AvgIpc) is 2.78. The quantitative estimate of drug-likeness (QED) is 0.888. The number of aliphatic hydroxyl groups excluding tert-OH is 1. The molecule has 2 rings (SSSR count). The van der Waals surface area contributed by atoms with Gasteiger partial charge in [-0.1, -0.05) is 48.7 Å². The molecule has 4 heteroatoms. The van der Waals surface area contributed by atoms with Crippen LogP contribution < -0.4 is 0 Å². The van der Waals surface area contributed by atoms with Gasteiger partial charge in [-0.3, -0.25) is 0 Å². The molecule has 3 nitrogen and oxygen atoms in total. The van der Waals surface area contributed by atoms with Crippen molar-refractivity contribution in [1.29, 1.82) is 0 Å². The molecule has 1 unspecified atom stereocenters. The summed E-state index contributed by atoms with van der Waals surface area (Å²) in [5.74, 6) is 0.284. The van der Waals surface area contributed by atoms with E-state index >= 15 is 0 Å². The van der Waals surface area contributed by atoms with Crippen molar-refractivity contribution in [3.05, 3.63) is 46.5 Å². The highest BCUT2D eigenvalue weighted by molar-refractivity contribution is 7.05. The molecule has 0 radical (unpaired) electrons. The van der Waals surface area contributed by atoms with Gasteiger partial charge in [0.15, 0.2) is 0 Å². The van der Waals surface area contributed by atoms with Crippen molar-refractivity contribution in [2.75, 3.05) is 0 Å². The van der Waals surface area contributed by atoms with Gasteiger partial charge in [0.25, 0.3) is 0 Å². The Bertz CT molecular complexity index is 453. The Morgan fingerprint density at radius 2 is 1.88 bits per heavy atom. The molecule has 0 saturated heterocycles. The highest BCUT2D eigenvalue weighted by Crippen LogP contribution is 2.30. The third-order valence-corrected chi connectivity index (χ3v) is 3.24. The fourth-order valence-electron chi connectivity index (χ4n) is 1.58. The molecule has 1 aromatic carbocycles. The third kappa shape index (κ3) is 2.13. The van der Waals surface area contributed by atoms with Gasteiger partial charge in [0.2, 0.25) is 0 Å². The Balaban J connectivity index is 2.34. The van der Waals surface area contributed by atoms with Crippen molar-refractivity contribution in [3.63, 3.8) is 0 Å². The summed E-state index contributed by atoms with van der Waals surface area (Å²) < 4.78 is 3.92. The Labute approximate surface area is 98.9 Å². The highest BCUT2D eigenvalue weighted by atomic mass is 32.1. The lowest BCUT2D eigenvalue weighted by Crippen LogP contribution is -2.02. The molecule has 0 spiro atoms. The predicted octanol–water partition coefficient (Wildman–Crippen LogP) is 2.74. The fraction of sp³-hybridized carbons (Fsp3) is 0.333. The van der Waals surface area contributed by atoms with E-state index in [1.165, 1.54) is 11.5 Å². The molecule has 1 N–H and O–H groups in total. The first kappa shape index (κ1) is 11.2. The van der Waals surface area contributed by atoms with Crippen molar-refractivity contribution in [1.82, 2.24) is 9.59 Å². The molecule has 0 fully saturated rings. The Kier molecular flexibility index (Phi) is 3.31. The van der Waals surface area contributed by atoms with Crippen LogP contribution in [0, 0.1) is 0 Å². The standard InChI is InChI=1S/C12H14N2OS/c1-8(2)10-12(16-14-13-10)11(15)9-6-4-3-5-7-9/h3-8,11,15H,1-2H3. The second kappa shape index (κ2) is 4.72. The molecule has 0 amide bonds. The van der Waals surface area contributed by atoms with Crippen molar-refractivity contribution in [2.45, 2.75) is 25.9 Å². The number of rotatable bonds is 3. The van der Waals surface area contributed by atoms with E-state index in [1.807, 2.05) is 30.3 Å². The van der Waals surface area contributed by atoms with E-state index in [0.717, 1.165) is 16.1 Å². The van der Waals surface area contributed by atoms with Gasteiger partial charge in [-0.15, -0.1) is 5.10 Å². The van der Waals surface area contributed by atoms with Crippen molar-refractivity contribution >= 4 is 11.5 Å². The van der Waals surface area contributed by atoms with E-state index in [9.17, 15) is 5.11 Å². The van der Waals surface area contributed by atoms with Gasteiger partial charge in [-0.25, -0.2) is 0 Å². The van der Waals surface area contributed by atoms with Crippen LogP contribution in [0.25, 0.3) is 0 Å². The Hall–Kier alpha value is -1.26. The van der Waals surface area contributed by atoms with E-state index in [1.54, 1.807) is 0 Å². The Morgan fingerprint density at radius 1 is 1.19 bits per heavy atom. The number of aliphatic hydroxyl groups is 1. The molecule has 0 aliphatic heterocycles. The maximum atomic E-state index is 10.2. The van der Waals surface area contributed by atoms with Crippen LogP contribution in [0.3, 0.4) is 0 Å². The second-order valence-corrected chi connectivity index (χ2v) is 4.78. The SMILES string of the molecule is CC(C)c1nnsc1C(O)c1ccccc1. The van der Waals surface area contributed by atoms with Gasteiger partial charge in [-0.05, 0) is 23.0 Å². The van der Waals surface area contributed by atoms with Crippen molar-refractivity contribution in [2.24, 2.45) is 0 Å². The minimum absolute atomic E-state index is 0.284. The molecule has 0 saturated carbocycles. The van der Waals surface area contributed by atoms with Crippen LogP contribution in [0.2, 0.25) is 0 Å². The smallest absolute Gasteiger partial charge is 0.117 e. The van der Waals surface area contributed by atoms with Gasteiger partial charge in [0, 0.05) is 0 Å². The van der Waals surface area contributed by atoms with Crippen LogP contribution in [0.4, 0.5) is 0 Å². The lowest BCUT2D eigenvalue weighted by Gasteiger charge is -2.11. The van der Waals surface area contributed by atoms with E-state index in [-0.39, 0.29) is 5.92 Å². The van der Waals surface area contributed by atoms with E-state index in [2.05, 4.69) is 23.4 Å². The summed E-state index contributed by atoms with van der Waals surface area (Å²) in [5.41, 5.74) is 1.77. The topological polar surface area (TPSA) is 46.0 Å². The largest absolute Gasteiger partial charge is 0.383 e. The first-order chi connectivity index (χ1) is 7.70. The number of benzene rings is 1. The zero-order chi connectivity index (χ0) is 11.5. The van der Waals surface area contributed by atoms with E-state index in [0.29, 0.717) is 0 Å². The van der Waals surface area contributed by atoms with Gasteiger partial charge < -0.3 is 5.11 Å². The van der Waals surface area contributed by atoms with Gasteiger partial charge in [0.05, 0.1) is 10.6 Å². The summed E-state index contributed by atoms with van der Waals surface area (Å²) in [6.45, 7) is 4.11. The van der Waals surface area contributed by atoms with Crippen LogP contribution in [0.5, 0.6) is 0 Å². The molecule has 16 heavy (non-hydrogen) atoms. The summed E-state index contributed by atoms with van der Waals surface area (Å²) in [6, 6.07) is 9.59. The minimum atomic E-state index is -0.612. The van der Waals surface area contributed by atoms with Crippen LogP contribution in [0.15, 0.2) is 30.3 Å². The number of aromatic nitrogens is 2. The molecule has 2 aromatic rings. The second-order valence-electron chi connectivity index (χ2n) is 3.99. The van der Waals surface area contributed by atoms with Crippen molar-refractivity contribution in [3.8, 4) is 0 Å². The van der Waals surface area contributed by atoms with Crippen molar-refractivity contribution < 1.29 is 5.11 Å². The molecular formula is C12H14N2OS. The zero-order valence-corrected chi connectivity index (χ0v) is 10.1. The highest BCUT2D eigenvalue weighted by Gasteiger charge is 2.20. The summed E-state index contributed by atoms with van der Waals surface area (Å²) >= 11 is 1.27. The molecule has 1 atom stereocenters. The summed E-state index contributed by atoms with van der Waals surface area (Å²) in [5, 5.41) is 14.3. The normalized spacial score (nSPS) is 13.0. The number of hydrogen-bond donors (Lipinski definition) is 1. The van der Waals surface area contributed by atoms with Gasteiger partial charge in [-0.2, -0.15) is 0 Å². The van der Waals surface area contributed by atoms with E-state index < -0.39 is 6.10 Å². The first-order valence-electron chi connectivity index (χ1n) is 5.25. The van der Waals surface area contributed by atoms with Crippen LogP contribution in [-0.2, 0) is 0 Å². The summed E-state index contributed by atoms with van der Waals surface area (Å²) in [7, 11) is 0.